The van der Waals surface area contributed by atoms with Crippen molar-refractivity contribution in [3.63, 3.8) is 0 Å². The van der Waals surface area contributed by atoms with E-state index in [-0.39, 0.29) is 5.56 Å². The van der Waals surface area contributed by atoms with Crippen molar-refractivity contribution >= 4 is 0 Å². The minimum atomic E-state index is -0.568. The molecule has 0 spiro atoms. The van der Waals surface area contributed by atoms with Crippen LogP contribution < -0.4 is 4.74 Å². The van der Waals surface area contributed by atoms with E-state index in [9.17, 15) is 4.39 Å². The number of ether oxygens (including phenoxy) is 1. The summed E-state index contributed by atoms with van der Waals surface area (Å²) in [4.78, 5) is 4.63. The fourth-order valence-electron chi connectivity index (χ4n) is 3.47. The summed E-state index contributed by atoms with van der Waals surface area (Å²) in [6.07, 6.45) is 10.9. The molecule has 0 fully saturated rings. The van der Waals surface area contributed by atoms with Crippen molar-refractivity contribution in [1.82, 2.24) is 4.98 Å². The SMILES string of the molecule is CCCCCCCCc1ccc(-c2ccc(COc3ccc(C#N)c(F)c3)cc2)nc1. The van der Waals surface area contributed by atoms with Crippen molar-refractivity contribution in [3.8, 4) is 23.1 Å². The summed E-state index contributed by atoms with van der Waals surface area (Å²) in [6.45, 7) is 2.57. The zero-order valence-electron chi connectivity index (χ0n) is 18.1. The monoisotopic (exact) mass is 416 g/mol. The van der Waals surface area contributed by atoms with E-state index in [1.165, 1.54) is 56.2 Å². The van der Waals surface area contributed by atoms with Crippen LogP contribution >= 0.6 is 0 Å². The zero-order chi connectivity index (χ0) is 21.9. The van der Waals surface area contributed by atoms with Crippen LogP contribution in [0.1, 0.15) is 62.1 Å². The second kappa shape index (κ2) is 11.9. The Morgan fingerprint density at radius 2 is 1.65 bits per heavy atom. The molecule has 1 aromatic heterocycles. The number of aryl methyl sites for hydroxylation is 1. The van der Waals surface area contributed by atoms with E-state index in [4.69, 9.17) is 10.00 Å². The first-order valence-electron chi connectivity index (χ1n) is 11.1. The number of nitriles is 1. The summed E-state index contributed by atoms with van der Waals surface area (Å²) in [5, 5.41) is 8.79. The van der Waals surface area contributed by atoms with Gasteiger partial charge in [-0.15, -0.1) is 0 Å². The molecule has 0 saturated heterocycles. The summed E-state index contributed by atoms with van der Waals surface area (Å²) < 4.78 is 19.3. The molecule has 0 saturated carbocycles. The molecule has 0 aliphatic heterocycles. The third kappa shape index (κ3) is 6.93. The van der Waals surface area contributed by atoms with Gasteiger partial charge >= 0.3 is 0 Å². The lowest BCUT2D eigenvalue weighted by molar-refractivity contribution is 0.304. The molecule has 3 nitrogen and oxygen atoms in total. The van der Waals surface area contributed by atoms with E-state index < -0.39 is 5.82 Å². The highest BCUT2D eigenvalue weighted by atomic mass is 19.1. The van der Waals surface area contributed by atoms with Crippen LogP contribution in [0.15, 0.2) is 60.8 Å². The third-order valence-electron chi connectivity index (χ3n) is 5.36. The molecular formula is C27H29FN2O. The summed E-state index contributed by atoms with van der Waals surface area (Å²) in [7, 11) is 0. The number of unbranched alkanes of at least 4 members (excludes halogenated alkanes) is 5. The van der Waals surface area contributed by atoms with E-state index in [2.05, 4.69) is 24.0 Å². The second-order valence-corrected chi connectivity index (χ2v) is 7.81. The standard InChI is InChI=1S/C27H29FN2O/c1-2-3-4-5-6-7-8-21-11-16-27(30-19-21)23-12-9-22(10-13-23)20-31-25-15-14-24(18-29)26(28)17-25/h9-17,19H,2-8,20H2,1H3. The molecule has 0 N–H and O–H groups in total. The Bertz CT molecular complexity index is 991. The highest BCUT2D eigenvalue weighted by molar-refractivity contribution is 5.59. The largest absolute Gasteiger partial charge is 0.489 e. The zero-order valence-corrected chi connectivity index (χ0v) is 18.1. The Hall–Kier alpha value is -3.19. The predicted octanol–water partition coefficient (Wildman–Crippen LogP) is 7.24. The van der Waals surface area contributed by atoms with Gasteiger partial charge in [-0.2, -0.15) is 5.26 Å². The second-order valence-electron chi connectivity index (χ2n) is 7.81. The quantitative estimate of drug-likeness (QED) is 0.309. The van der Waals surface area contributed by atoms with Gasteiger partial charge in [0.2, 0.25) is 0 Å². The Balaban J connectivity index is 1.49. The first-order valence-corrected chi connectivity index (χ1v) is 11.1. The smallest absolute Gasteiger partial charge is 0.144 e. The Morgan fingerprint density at radius 3 is 2.32 bits per heavy atom. The maximum absolute atomic E-state index is 13.7. The van der Waals surface area contributed by atoms with Crippen LogP contribution in [0.4, 0.5) is 4.39 Å². The summed E-state index contributed by atoms with van der Waals surface area (Å²) in [6, 6.07) is 18.3. The molecule has 0 radical (unpaired) electrons. The van der Waals surface area contributed by atoms with Crippen molar-refractivity contribution in [2.45, 2.75) is 58.5 Å². The van der Waals surface area contributed by atoms with Gasteiger partial charge in [-0.25, -0.2) is 4.39 Å². The van der Waals surface area contributed by atoms with Crippen LogP contribution in [0.2, 0.25) is 0 Å². The highest BCUT2D eigenvalue weighted by Crippen LogP contribution is 2.21. The molecular weight excluding hydrogens is 387 g/mol. The van der Waals surface area contributed by atoms with Crippen molar-refractivity contribution in [2.75, 3.05) is 0 Å². The lowest BCUT2D eigenvalue weighted by atomic mass is 10.0. The van der Waals surface area contributed by atoms with Gasteiger partial charge in [0.25, 0.3) is 0 Å². The fourth-order valence-corrected chi connectivity index (χ4v) is 3.47. The average Bonchev–Trinajstić information content (AvgIpc) is 2.81. The van der Waals surface area contributed by atoms with Gasteiger partial charge in [0.1, 0.15) is 24.2 Å². The van der Waals surface area contributed by atoms with E-state index >= 15 is 0 Å². The molecule has 0 bridgehead atoms. The molecule has 1 heterocycles. The Kier molecular flexibility index (Phi) is 8.60. The molecule has 0 aliphatic rings. The maximum Gasteiger partial charge on any atom is 0.144 e. The first kappa shape index (κ1) is 22.5. The van der Waals surface area contributed by atoms with Crippen molar-refractivity contribution in [3.05, 3.63) is 83.3 Å². The van der Waals surface area contributed by atoms with E-state index in [1.807, 2.05) is 30.5 Å². The molecule has 0 aliphatic carbocycles. The predicted molar refractivity (Wildman–Crippen MR) is 122 cm³/mol. The number of aromatic nitrogens is 1. The van der Waals surface area contributed by atoms with Gasteiger partial charge in [-0.05, 0) is 42.2 Å². The number of pyridine rings is 1. The number of benzene rings is 2. The fraction of sp³-hybridized carbons (Fsp3) is 0.333. The number of hydrogen-bond acceptors (Lipinski definition) is 3. The molecule has 2 aromatic carbocycles. The lowest BCUT2D eigenvalue weighted by Crippen LogP contribution is -1.96. The topological polar surface area (TPSA) is 45.9 Å². The van der Waals surface area contributed by atoms with Crippen LogP contribution in [0.3, 0.4) is 0 Å². The molecule has 31 heavy (non-hydrogen) atoms. The molecule has 0 unspecified atom stereocenters. The molecule has 0 amide bonds. The van der Waals surface area contributed by atoms with Crippen LogP contribution in [0.5, 0.6) is 5.75 Å². The first-order chi connectivity index (χ1) is 15.2. The molecule has 3 aromatic rings. The van der Waals surface area contributed by atoms with Crippen LogP contribution in [-0.4, -0.2) is 4.98 Å². The Morgan fingerprint density at radius 1 is 0.903 bits per heavy atom. The lowest BCUT2D eigenvalue weighted by Gasteiger charge is -2.08. The van der Waals surface area contributed by atoms with Crippen molar-refractivity contribution in [2.24, 2.45) is 0 Å². The number of rotatable bonds is 11. The number of halogens is 1. The van der Waals surface area contributed by atoms with Gasteiger partial charge in [-0.3, -0.25) is 4.98 Å². The van der Waals surface area contributed by atoms with E-state index in [0.717, 1.165) is 23.2 Å². The molecule has 3 rings (SSSR count). The minimum Gasteiger partial charge on any atom is -0.489 e. The van der Waals surface area contributed by atoms with Gasteiger partial charge in [0, 0.05) is 17.8 Å². The van der Waals surface area contributed by atoms with Crippen molar-refractivity contribution in [1.29, 1.82) is 5.26 Å². The summed E-state index contributed by atoms with van der Waals surface area (Å²) in [5.41, 5.74) is 4.29. The van der Waals surface area contributed by atoms with Crippen LogP contribution in [0.25, 0.3) is 11.3 Å². The summed E-state index contributed by atoms with van der Waals surface area (Å²) in [5.74, 6) is -0.162. The maximum atomic E-state index is 13.7. The molecule has 0 atom stereocenters. The average molecular weight is 417 g/mol. The normalized spacial score (nSPS) is 10.6. The number of hydrogen-bond donors (Lipinski definition) is 0. The minimum absolute atomic E-state index is 0.0159. The van der Waals surface area contributed by atoms with Gasteiger partial charge < -0.3 is 4.74 Å². The molecule has 4 heteroatoms. The van der Waals surface area contributed by atoms with E-state index in [1.54, 1.807) is 12.1 Å². The number of nitrogens with zero attached hydrogens (tertiary/aromatic N) is 2. The summed E-state index contributed by atoms with van der Waals surface area (Å²) >= 11 is 0. The van der Waals surface area contributed by atoms with Gasteiger partial charge in [-0.1, -0.05) is 69.4 Å². The molecule has 160 valence electrons. The third-order valence-corrected chi connectivity index (χ3v) is 5.36. The van der Waals surface area contributed by atoms with Gasteiger partial charge in [0.15, 0.2) is 0 Å². The van der Waals surface area contributed by atoms with Crippen LogP contribution in [0, 0.1) is 17.1 Å². The van der Waals surface area contributed by atoms with Gasteiger partial charge in [0.05, 0.1) is 11.3 Å². The van der Waals surface area contributed by atoms with Crippen molar-refractivity contribution < 1.29 is 9.13 Å². The highest BCUT2D eigenvalue weighted by Gasteiger charge is 2.05. The van der Waals surface area contributed by atoms with Crippen LogP contribution in [-0.2, 0) is 13.0 Å². The van der Waals surface area contributed by atoms with E-state index in [0.29, 0.717) is 12.4 Å². The Labute approximate surface area is 184 Å².